The second kappa shape index (κ2) is 9.37. The monoisotopic (exact) mass is 548 g/mol. The van der Waals surface area contributed by atoms with Gasteiger partial charge in [0.25, 0.3) is 0 Å². The van der Waals surface area contributed by atoms with E-state index in [0.29, 0.717) is 5.82 Å². The highest BCUT2D eigenvalue weighted by Gasteiger charge is 2.19. The summed E-state index contributed by atoms with van der Waals surface area (Å²) in [7, 11) is 0. The number of hydrogen-bond acceptors (Lipinski definition) is 3. The van der Waals surface area contributed by atoms with Crippen LogP contribution in [-0.2, 0) is 0 Å². The molecule has 0 bridgehead atoms. The summed E-state index contributed by atoms with van der Waals surface area (Å²) in [5.74, 6) is 0.696. The summed E-state index contributed by atoms with van der Waals surface area (Å²) in [4.78, 5) is 10.6. The van der Waals surface area contributed by atoms with E-state index in [0.717, 1.165) is 66.2 Å². The zero-order chi connectivity index (χ0) is 28.3. The Balaban J connectivity index is 1.40. The number of para-hydroxylation sites is 2. The van der Waals surface area contributed by atoms with Crippen LogP contribution in [0.1, 0.15) is 0 Å². The Morgan fingerprint density at radius 3 is 2.00 bits per heavy atom. The number of hydrogen-bond donors (Lipinski definition) is 0. The summed E-state index contributed by atoms with van der Waals surface area (Å²) in [5, 5.41) is 9.24. The van der Waals surface area contributed by atoms with Crippen molar-refractivity contribution in [2.45, 2.75) is 0 Å². The molecule has 0 spiro atoms. The Morgan fingerprint density at radius 1 is 0.419 bits per heavy atom. The molecule has 2 heterocycles. The fourth-order valence-corrected chi connectivity index (χ4v) is 6.46. The Morgan fingerprint density at radius 2 is 1.12 bits per heavy atom. The maximum atomic E-state index is 6.46. The summed E-state index contributed by atoms with van der Waals surface area (Å²) in [5.41, 5.74) is 6.43. The topological polar surface area (TPSA) is 38.9 Å². The molecule has 43 heavy (non-hydrogen) atoms. The third-order valence-corrected chi connectivity index (χ3v) is 8.47. The van der Waals surface area contributed by atoms with E-state index in [1.54, 1.807) is 0 Å². The molecule has 0 aliphatic heterocycles. The second-order valence-electron chi connectivity index (χ2n) is 11.0. The predicted octanol–water partition coefficient (Wildman–Crippen LogP) is 10.8. The number of nitrogens with zero attached hydrogens (tertiary/aromatic N) is 2. The molecule has 0 saturated heterocycles. The zero-order valence-corrected chi connectivity index (χ0v) is 23.2. The van der Waals surface area contributed by atoms with Crippen molar-refractivity contribution < 1.29 is 4.42 Å². The van der Waals surface area contributed by atoms with Crippen molar-refractivity contribution in [1.29, 1.82) is 0 Å². The van der Waals surface area contributed by atoms with Gasteiger partial charge in [-0.3, -0.25) is 0 Å². The molecule has 0 aliphatic rings. The fourth-order valence-electron chi connectivity index (χ4n) is 6.46. The van der Waals surface area contributed by atoms with E-state index >= 15 is 0 Å². The molecule has 0 saturated carbocycles. The molecular formula is C40H24N2O. The molecule has 0 aliphatic carbocycles. The van der Waals surface area contributed by atoms with Gasteiger partial charge >= 0.3 is 0 Å². The van der Waals surface area contributed by atoms with Gasteiger partial charge in [0, 0.05) is 27.5 Å². The molecule has 9 rings (SSSR count). The van der Waals surface area contributed by atoms with Gasteiger partial charge in [-0.15, -0.1) is 0 Å². The highest BCUT2D eigenvalue weighted by Crippen LogP contribution is 2.41. The first-order chi connectivity index (χ1) is 21.3. The minimum absolute atomic E-state index is 0.696. The van der Waals surface area contributed by atoms with Gasteiger partial charge < -0.3 is 4.42 Å². The van der Waals surface area contributed by atoms with E-state index in [9.17, 15) is 0 Å². The molecule has 0 unspecified atom stereocenters. The van der Waals surface area contributed by atoms with Crippen LogP contribution < -0.4 is 0 Å². The van der Waals surface area contributed by atoms with Crippen molar-refractivity contribution in [1.82, 2.24) is 9.97 Å². The average Bonchev–Trinajstić information content (AvgIpc) is 3.46. The van der Waals surface area contributed by atoms with Crippen LogP contribution in [-0.4, -0.2) is 9.97 Å². The van der Waals surface area contributed by atoms with Crippen LogP contribution >= 0.6 is 0 Å². The Bertz CT molecular complexity index is 2510. The highest BCUT2D eigenvalue weighted by molar-refractivity contribution is 6.19. The van der Waals surface area contributed by atoms with Crippen molar-refractivity contribution in [3.63, 3.8) is 0 Å². The zero-order valence-electron chi connectivity index (χ0n) is 23.2. The normalized spacial score (nSPS) is 11.7. The van der Waals surface area contributed by atoms with E-state index in [2.05, 4.69) is 127 Å². The Kier molecular flexibility index (Phi) is 5.20. The van der Waals surface area contributed by atoms with E-state index in [1.807, 2.05) is 18.2 Å². The highest BCUT2D eigenvalue weighted by atomic mass is 16.3. The lowest BCUT2D eigenvalue weighted by atomic mass is 9.92. The van der Waals surface area contributed by atoms with Gasteiger partial charge in [0.1, 0.15) is 11.2 Å². The van der Waals surface area contributed by atoms with Crippen LogP contribution in [0, 0.1) is 0 Å². The third-order valence-electron chi connectivity index (χ3n) is 8.47. The van der Waals surface area contributed by atoms with Gasteiger partial charge in [-0.2, -0.15) is 0 Å². The summed E-state index contributed by atoms with van der Waals surface area (Å²) in [6.45, 7) is 0. The average molecular weight is 549 g/mol. The van der Waals surface area contributed by atoms with Gasteiger partial charge in [0.05, 0.1) is 11.4 Å². The molecule has 2 aromatic heterocycles. The van der Waals surface area contributed by atoms with Crippen LogP contribution in [0.5, 0.6) is 0 Å². The van der Waals surface area contributed by atoms with E-state index in [1.165, 1.54) is 16.2 Å². The number of rotatable bonds is 3. The molecule has 3 heteroatoms. The quantitative estimate of drug-likeness (QED) is 0.163. The number of aromatic nitrogens is 2. The molecule has 0 amide bonds. The van der Waals surface area contributed by atoms with Crippen LogP contribution in [0.4, 0.5) is 0 Å². The molecule has 7 aromatic carbocycles. The molecule has 0 N–H and O–H groups in total. The Labute approximate surface area is 247 Å². The van der Waals surface area contributed by atoms with E-state index in [-0.39, 0.29) is 0 Å². The number of benzene rings is 7. The first-order valence-electron chi connectivity index (χ1n) is 14.5. The second-order valence-corrected chi connectivity index (χ2v) is 11.0. The minimum Gasteiger partial charge on any atom is -0.455 e. The molecule has 0 radical (unpaired) electrons. The van der Waals surface area contributed by atoms with Crippen LogP contribution in [0.3, 0.4) is 0 Å². The van der Waals surface area contributed by atoms with E-state index < -0.39 is 0 Å². The molecule has 200 valence electrons. The lowest BCUT2D eigenvalue weighted by Gasteiger charge is -2.15. The maximum absolute atomic E-state index is 6.46. The molecular weight excluding hydrogens is 524 g/mol. The molecule has 9 aromatic rings. The third kappa shape index (κ3) is 3.75. The largest absolute Gasteiger partial charge is 0.455 e. The van der Waals surface area contributed by atoms with Gasteiger partial charge in [0.2, 0.25) is 0 Å². The summed E-state index contributed by atoms with van der Waals surface area (Å²) in [6.07, 6.45) is 0. The smallest absolute Gasteiger partial charge is 0.161 e. The van der Waals surface area contributed by atoms with Crippen molar-refractivity contribution in [3.05, 3.63) is 146 Å². The van der Waals surface area contributed by atoms with E-state index in [4.69, 9.17) is 14.4 Å². The van der Waals surface area contributed by atoms with Crippen LogP contribution in [0.15, 0.2) is 150 Å². The van der Waals surface area contributed by atoms with Gasteiger partial charge in [-0.1, -0.05) is 121 Å². The molecule has 3 nitrogen and oxygen atoms in total. The SMILES string of the molecule is c1ccc(-c2cc(-c3cccc4c3oc3ccccc34)nc(-c3c4ccccc4cc4c3ccc3ccccc34)n2)cc1. The maximum Gasteiger partial charge on any atom is 0.161 e. The van der Waals surface area contributed by atoms with Gasteiger partial charge in [-0.05, 0) is 56.6 Å². The first-order valence-corrected chi connectivity index (χ1v) is 14.5. The first kappa shape index (κ1) is 23.9. The predicted molar refractivity (Wildman–Crippen MR) is 178 cm³/mol. The van der Waals surface area contributed by atoms with Crippen LogP contribution in [0.25, 0.3) is 88.2 Å². The van der Waals surface area contributed by atoms with Crippen molar-refractivity contribution in [3.8, 4) is 33.9 Å². The standard InChI is InChI=1S/C40H24N2O/c1-2-12-26(13-3-1)35-24-36(33-19-10-18-32-30-17-8-9-20-37(30)43-39(32)33)42-40(41-35)38-29-16-7-5-14-27(29)23-34-28-15-6-4-11-25(28)21-22-31(34)38/h1-24H. The Hall–Kier alpha value is -5.80. The fraction of sp³-hybridized carbons (Fsp3) is 0. The lowest BCUT2D eigenvalue weighted by Crippen LogP contribution is -1.98. The summed E-state index contributed by atoms with van der Waals surface area (Å²) >= 11 is 0. The summed E-state index contributed by atoms with van der Waals surface area (Å²) < 4.78 is 6.46. The van der Waals surface area contributed by atoms with Crippen LogP contribution in [0.2, 0.25) is 0 Å². The molecule has 0 fully saturated rings. The van der Waals surface area contributed by atoms with Crippen molar-refractivity contribution in [2.75, 3.05) is 0 Å². The van der Waals surface area contributed by atoms with Crippen molar-refractivity contribution >= 4 is 54.3 Å². The number of fused-ring (bicyclic) bond motifs is 7. The van der Waals surface area contributed by atoms with Crippen molar-refractivity contribution in [2.24, 2.45) is 0 Å². The van der Waals surface area contributed by atoms with Gasteiger partial charge in [0.15, 0.2) is 5.82 Å². The minimum atomic E-state index is 0.696. The van der Waals surface area contributed by atoms with Gasteiger partial charge in [-0.25, -0.2) is 9.97 Å². The number of furan rings is 1. The molecule has 0 atom stereocenters. The summed E-state index contributed by atoms with van der Waals surface area (Å²) in [6, 6.07) is 50.8. The lowest BCUT2D eigenvalue weighted by molar-refractivity contribution is 0.670.